The van der Waals surface area contributed by atoms with Crippen LogP contribution in [0, 0.1) is 0 Å². The van der Waals surface area contributed by atoms with Gasteiger partial charge in [0.05, 0.1) is 4.90 Å². The molecule has 1 aliphatic carbocycles. The van der Waals surface area contributed by atoms with Crippen LogP contribution in [-0.4, -0.2) is 51.4 Å². The Hall–Kier alpha value is -1.44. The van der Waals surface area contributed by atoms with Gasteiger partial charge in [-0.05, 0) is 71.0 Å². The number of nitrogens with one attached hydrogen (secondary N) is 2. The lowest BCUT2D eigenvalue weighted by atomic mass is 9.94. The van der Waals surface area contributed by atoms with Gasteiger partial charge in [-0.25, -0.2) is 13.1 Å². The van der Waals surface area contributed by atoms with Crippen LogP contribution >= 0.6 is 0 Å². The smallest absolute Gasteiger partial charge is 0.251 e. The van der Waals surface area contributed by atoms with E-state index < -0.39 is 10.0 Å². The first-order valence-corrected chi connectivity index (χ1v) is 11.4. The molecule has 0 atom stereocenters. The third-order valence-corrected chi connectivity index (χ3v) is 6.66. The molecule has 0 aromatic heterocycles. The second-order valence-electron chi connectivity index (χ2n) is 7.68. The Balaban J connectivity index is 1.77. The third-order valence-electron chi connectivity index (χ3n) is 4.99. The molecular weight excluding hydrogens is 362 g/mol. The molecule has 1 fully saturated rings. The molecule has 0 unspecified atom stereocenters. The van der Waals surface area contributed by atoms with Gasteiger partial charge in [0.1, 0.15) is 0 Å². The van der Waals surface area contributed by atoms with Crippen molar-refractivity contribution in [2.45, 2.75) is 69.4 Å². The molecule has 1 aromatic rings. The predicted molar refractivity (Wildman–Crippen MR) is 108 cm³/mol. The van der Waals surface area contributed by atoms with Gasteiger partial charge in [0.25, 0.3) is 5.91 Å². The maximum atomic E-state index is 12.2. The molecule has 0 spiro atoms. The first-order valence-electron chi connectivity index (χ1n) is 9.90. The Morgan fingerprint density at radius 1 is 1.15 bits per heavy atom. The lowest BCUT2D eigenvalue weighted by molar-refractivity contribution is 0.0950. The molecule has 1 saturated carbocycles. The molecule has 7 heteroatoms. The number of carbonyl (C=O) groups is 1. The normalized spacial score (nSPS) is 16.0. The van der Waals surface area contributed by atoms with Crippen LogP contribution in [0.3, 0.4) is 0 Å². The molecule has 152 valence electrons. The summed E-state index contributed by atoms with van der Waals surface area (Å²) < 4.78 is 26.8. The molecule has 0 bridgehead atoms. The van der Waals surface area contributed by atoms with Gasteiger partial charge in [-0.2, -0.15) is 0 Å². The average Bonchev–Trinajstić information content (AvgIpc) is 2.64. The molecule has 1 aromatic carbocycles. The zero-order valence-electron chi connectivity index (χ0n) is 16.7. The van der Waals surface area contributed by atoms with Crippen LogP contribution in [0.15, 0.2) is 29.2 Å². The van der Waals surface area contributed by atoms with E-state index in [1.807, 2.05) is 0 Å². The maximum absolute atomic E-state index is 12.2. The fourth-order valence-corrected chi connectivity index (χ4v) is 4.75. The lowest BCUT2D eigenvalue weighted by Gasteiger charge is -2.31. The zero-order valence-corrected chi connectivity index (χ0v) is 17.5. The Labute approximate surface area is 163 Å². The minimum Gasteiger partial charge on any atom is -0.352 e. The highest BCUT2D eigenvalue weighted by Gasteiger charge is 2.18. The minimum absolute atomic E-state index is 0.168. The highest BCUT2D eigenvalue weighted by Crippen LogP contribution is 2.21. The quantitative estimate of drug-likeness (QED) is 0.630. The van der Waals surface area contributed by atoms with Crippen LogP contribution < -0.4 is 10.0 Å². The lowest BCUT2D eigenvalue weighted by Crippen LogP contribution is -2.35. The maximum Gasteiger partial charge on any atom is 0.251 e. The van der Waals surface area contributed by atoms with Crippen molar-refractivity contribution in [1.82, 2.24) is 14.9 Å². The Morgan fingerprint density at radius 2 is 1.78 bits per heavy atom. The van der Waals surface area contributed by atoms with E-state index in [4.69, 9.17) is 0 Å². The van der Waals surface area contributed by atoms with E-state index in [9.17, 15) is 13.2 Å². The summed E-state index contributed by atoms with van der Waals surface area (Å²) in [7, 11) is -1.36. The van der Waals surface area contributed by atoms with Gasteiger partial charge < -0.3 is 10.2 Å². The Morgan fingerprint density at radius 3 is 2.37 bits per heavy atom. The summed E-state index contributed by atoms with van der Waals surface area (Å²) in [4.78, 5) is 14.8. The zero-order chi connectivity index (χ0) is 19.9. The van der Waals surface area contributed by atoms with Crippen molar-refractivity contribution in [3.63, 3.8) is 0 Å². The molecule has 0 saturated heterocycles. The van der Waals surface area contributed by atoms with E-state index in [0.29, 0.717) is 18.2 Å². The van der Waals surface area contributed by atoms with Crippen molar-refractivity contribution >= 4 is 15.9 Å². The van der Waals surface area contributed by atoms with Gasteiger partial charge >= 0.3 is 0 Å². The van der Waals surface area contributed by atoms with Crippen LogP contribution in [0.5, 0.6) is 0 Å². The number of rotatable bonds is 9. The standard InChI is InChI=1S/C20H33N3O3S/c1-16(2)22-27(25,26)19-12-10-17(11-13-19)20(24)21-14-7-15-23(3)18-8-5-4-6-9-18/h10-13,16,18,22H,4-9,14-15H2,1-3H3,(H,21,24). The van der Waals surface area contributed by atoms with Gasteiger partial charge in [-0.3, -0.25) is 4.79 Å². The van der Waals surface area contributed by atoms with Crippen molar-refractivity contribution in [3.8, 4) is 0 Å². The van der Waals surface area contributed by atoms with E-state index in [-0.39, 0.29) is 16.8 Å². The number of sulfonamides is 1. The monoisotopic (exact) mass is 395 g/mol. The molecule has 6 nitrogen and oxygen atoms in total. The number of amides is 1. The molecular formula is C20H33N3O3S. The second-order valence-corrected chi connectivity index (χ2v) is 9.40. The minimum atomic E-state index is -3.53. The first-order chi connectivity index (χ1) is 12.8. The molecule has 2 rings (SSSR count). The second kappa shape index (κ2) is 10.2. The first kappa shape index (κ1) is 21.9. The van der Waals surface area contributed by atoms with E-state index in [1.54, 1.807) is 26.0 Å². The highest BCUT2D eigenvalue weighted by atomic mass is 32.2. The highest BCUT2D eigenvalue weighted by molar-refractivity contribution is 7.89. The molecule has 0 heterocycles. The summed E-state index contributed by atoms with van der Waals surface area (Å²) in [5.41, 5.74) is 0.471. The summed E-state index contributed by atoms with van der Waals surface area (Å²) in [6.45, 7) is 5.13. The number of benzene rings is 1. The van der Waals surface area contributed by atoms with Crippen molar-refractivity contribution in [1.29, 1.82) is 0 Å². The van der Waals surface area contributed by atoms with Crippen molar-refractivity contribution in [2.24, 2.45) is 0 Å². The van der Waals surface area contributed by atoms with E-state index in [2.05, 4.69) is 22.0 Å². The number of hydrogen-bond donors (Lipinski definition) is 2. The summed E-state index contributed by atoms with van der Waals surface area (Å²) >= 11 is 0. The molecule has 1 aliphatic rings. The number of carbonyl (C=O) groups excluding carboxylic acids is 1. The fraction of sp³-hybridized carbons (Fsp3) is 0.650. The van der Waals surface area contributed by atoms with Crippen LogP contribution in [-0.2, 0) is 10.0 Å². The predicted octanol–water partition coefficient (Wildman–Crippen LogP) is 2.76. The van der Waals surface area contributed by atoms with Gasteiger partial charge in [0, 0.05) is 24.2 Å². The Bertz CT molecular complexity index is 696. The summed E-state index contributed by atoms with van der Waals surface area (Å²) in [5, 5.41) is 2.92. The van der Waals surface area contributed by atoms with Crippen molar-refractivity contribution in [2.75, 3.05) is 20.1 Å². The van der Waals surface area contributed by atoms with Crippen LogP contribution in [0.1, 0.15) is 62.7 Å². The topological polar surface area (TPSA) is 78.5 Å². The van der Waals surface area contributed by atoms with Gasteiger partial charge in [0.15, 0.2) is 0 Å². The number of hydrogen-bond acceptors (Lipinski definition) is 4. The fourth-order valence-electron chi connectivity index (χ4n) is 3.50. The largest absolute Gasteiger partial charge is 0.352 e. The van der Waals surface area contributed by atoms with E-state index in [0.717, 1.165) is 13.0 Å². The van der Waals surface area contributed by atoms with Crippen molar-refractivity contribution < 1.29 is 13.2 Å². The van der Waals surface area contributed by atoms with Crippen molar-refractivity contribution in [3.05, 3.63) is 29.8 Å². The van der Waals surface area contributed by atoms with Gasteiger partial charge in [-0.15, -0.1) is 0 Å². The summed E-state index contributed by atoms with van der Waals surface area (Å²) in [6.07, 6.45) is 7.47. The van der Waals surface area contributed by atoms with Crippen LogP contribution in [0.2, 0.25) is 0 Å². The average molecular weight is 396 g/mol. The van der Waals surface area contributed by atoms with Gasteiger partial charge in [0.2, 0.25) is 10.0 Å². The SMILES string of the molecule is CC(C)NS(=O)(=O)c1ccc(C(=O)NCCCN(C)C2CCCCC2)cc1. The van der Waals surface area contributed by atoms with E-state index >= 15 is 0 Å². The summed E-state index contributed by atoms with van der Waals surface area (Å²) in [6, 6.07) is 6.55. The third kappa shape index (κ3) is 6.90. The summed E-state index contributed by atoms with van der Waals surface area (Å²) in [5.74, 6) is -0.170. The molecule has 0 radical (unpaired) electrons. The Kier molecular flexibility index (Phi) is 8.26. The molecule has 2 N–H and O–H groups in total. The van der Waals surface area contributed by atoms with E-state index in [1.165, 1.54) is 44.2 Å². The van der Waals surface area contributed by atoms with Crippen LogP contribution in [0.25, 0.3) is 0 Å². The molecule has 0 aliphatic heterocycles. The number of nitrogens with zero attached hydrogens (tertiary/aromatic N) is 1. The van der Waals surface area contributed by atoms with Crippen LogP contribution in [0.4, 0.5) is 0 Å². The molecule has 1 amide bonds. The molecule has 27 heavy (non-hydrogen) atoms. The van der Waals surface area contributed by atoms with Gasteiger partial charge in [-0.1, -0.05) is 19.3 Å².